The van der Waals surface area contributed by atoms with Crippen LogP contribution in [-0.2, 0) is 12.8 Å². The summed E-state index contributed by atoms with van der Waals surface area (Å²) in [6.45, 7) is 5.53. The first kappa shape index (κ1) is 13.7. The van der Waals surface area contributed by atoms with Gasteiger partial charge in [-0.1, -0.05) is 19.9 Å². The minimum absolute atomic E-state index is 0.369. The maximum atomic E-state index is 14.1. The first-order valence-electron chi connectivity index (χ1n) is 6.49. The predicted octanol–water partition coefficient (Wildman–Crippen LogP) is 2.58. The van der Waals surface area contributed by atoms with Crippen molar-refractivity contribution in [1.82, 2.24) is 14.8 Å². The van der Waals surface area contributed by atoms with Crippen molar-refractivity contribution in [2.75, 3.05) is 0 Å². The molecule has 0 spiro atoms. The van der Waals surface area contributed by atoms with E-state index in [9.17, 15) is 9.50 Å². The first-order valence-corrected chi connectivity index (χ1v) is 6.49. The quantitative estimate of drug-likeness (QED) is 0.922. The van der Waals surface area contributed by atoms with Crippen molar-refractivity contribution in [3.05, 3.63) is 41.2 Å². The summed E-state index contributed by atoms with van der Waals surface area (Å²) in [6, 6.07) is 4.67. The minimum Gasteiger partial charge on any atom is -0.389 e. The average Bonchev–Trinajstić information content (AvgIpc) is 2.81. The molecule has 5 heteroatoms. The molecule has 1 unspecified atom stereocenters. The SMILES string of the molecule is CCc1nc(CC)n(-c2ccc(C(C)O)cc2F)n1. The third-order valence-electron chi connectivity index (χ3n) is 3.03. The van der Waals surface area contributed by atoms with Gasteiger partial charge in [-0.15, -0.1) is 0 Å². The molecule has 19 heavy (non-hydrogen) atoms. The summed E-state index contributed by atoms with van der Waals surface area (Å²) in [5.41, 5.74) is 0.920. The number of halogens is 1. The van der Waals surface area contributed by atoms with Gasteiger partial charge in [0, 0.05) is 12.8 Å². The molecular formula is C14H18FN3O. The lowest BCUT2D eigenvalue weighted by Crippen LogP contribution is -2.05. The van der Waals surface area contributed by atoms with Crippen molar-refractivity contribution < 1.29 is 9.50 Å². The van der Waals surface area contributed by atoms with Crippen molar-refractivity contribution in [2.45, 2.75) is 39.7 Å². The van der Waals surface area contributed by atoms with Gasteiger partial charge in [-0.05, 0) is 24.6 Å². The number of hydrogen-bond acceptors (Lipinski definition) is 3. The van der Waals surface area contributed by atoms with Crippen LogP contribution >= 0.6 is 0 Å². The fourth-order valence-electron chi connectivity index (χ4n) is 1.92. The van der Waals surface area contributed by atoms with Crippen molar-refractivity contribution in [3.8, 4) is 5.69 Å². The molecule has 102 valence electrons. The molecule has 0 fully saturated rings. The molecule has 0 saturated carbocycles. The Labute approximate surface area is 111 Å². The number of benzene rings is 1. The second-order valence-corrected chi connectivity index (χ2v) is 4.45. The summed E-state index contributed by atoms with van der Waals surface area (Å²) in [4.78, 5) is 4.36. The minimum atomic E-state index is -0.684. The van der Waals surface area contributed by atoms with Crippen LogP contribution in [0.1, 0.15) is 44.1 Å². The summed E-state index contributed by atoms with van der Waals surface area (Å²) in [5, 5.41) is 13.8. The lowest BCUT2D eigenvalue weighted by molar-refractivity contribution is 0.199. The van der Waals surface area contributed by atoms with Gasteiger partial charge in [0.15, 0.2) is 5.82 Å². The van der Waals surface area contributed by atoms with Crippen molar-refractivity contribution >= 4 is 0 Å². The van der Waals surface area contributed by atoms with E-state index in [1.54, 1.807) is 23.7 Å². The molecule has 0 radical (unpaired) electrons. The Morgan fingerprint density at radius 1 is 1.32 bits per heavy atom. The molecule has 1 atom stereocenters. The van der Waals surface area contributed by atoms with Crippen LogP contribution in [-0.4, -0.2) is 19.9 Å². The Hall–Kier alpha value is -1.75. The van der Waals surface area contributed by atoms with Crippen LogP contribution in [0.3, 0.4) is 0 Å². The van der Waals surface area contributed by atoms with Crippen LogP contribution in [0.15, 0.2) is 18.2 Å². The summed E-state index contributed by atoms with van der Waals surface area (Å²) >= 11 is 0. The highest BCUT2D eigenvalue weighted by atomic mass is 19.1. The summed E-state index contributed by atoms with van der Waals surface area (Å²) in [7, 11) is 0. The van der Waals surface area contributed by atoms with Gasteiger partial charge in [-0.3, -0.25) is 0 Å². The first-order chi connectivity index (χ1) is 9.06. The van der Waals surface area contributed by atoms with Gasteiger partial charge in [0.25, 0.3) is 0 Å². The topological polar surface area (TPSA) is 50.9 Å². The standard InChI is InChI=1S/C14H18FN3O/c1-4-13-16-14(5-2)18(17-13)12-7-6-10(9(3)19)8-11(12)15/h6-9,19H,4-5H2,1-3H3. The summed E-state index contributed by atoms with van der Waals surface area (Å²) in [5.74, 6) is 1.04. The smallest absolute Gasteiger partial charge is 0.151 e. The third-order valence-corrected chi connectivity index (χ3v) is 3.03. The third kappa shape index (κ3) is 2.66. The molecule has 4 nitrogen and oxygen atoms in total. The van der Waals surface area contributed by atoms with Gasteiger partial charge in [0.1, 0.15) is 17.3 Å². The maximum Gasteiger partial charge on any atom is 0.151 e. The fraction of sp³-hybridized carbons (Fsp3) is 0.429. The molecule has 0 saturated heterocycles. The average molecular weight is 263 g/mol. The lowest BCUT2D eigenvalue weighted by atomic mass is 10.1. The fourth-order valence-corrected chi connectivity index (χ4v) is 1.92. The zero-order valence-corrected chi connectivity index (χ0v) is 11.4. The number of hydrogen-bond donors (Lipinski definition) is 1. The highest BCUT2D eigenvalue weighted by molar-refractivity contribution is 5.37. The van der Waals surface area contributed by atoms with Crippen LogP contribution in [0.4, 0.5) is 4.39 Å². The molecule has 1 aromatic heterocycles. The van der Waals surface area contributed by atoms with Gasteiger partial charge in [-0.2, -0.15) is 5.10 Å². The molecule has 1 N–H and O–H groups in total. The Morgan fingerprint density at radius 3 is 2.58 bits per heavy atom. The molecular weight excluding hydrogens is 245 g/mol. The maximum absolute atomic E-state index is 14.1. The van der Waals surface area contributed by atoms with Gasteiger partial charge in [0.05, 0.1) is 6.10 Å². The lowest BCUT2D eigenvalue weighted by Gasteiger charge is -2.09. The molecule has 1 heterocycles. The van der Waals surface area contributed by atoms with Crippen LogP contribution in [0.5, 0.6) is 0 Å². The van der Waals surface area contributed by atoms with Crippen LogP contribution in [0.2, 0.25) is 0 Å². The normalized spacial score (nSPS) is 12.7. The van der Waals surface area contributed by atoms with Crippen LogP contribution < -0.4 is 0 Å². The van der Waals surface area contributed by atoms with E-state index < -0.39 is 11.9 Å². The van der Waals surface area contributed by atoms with Crippen molar-refractivity contribution in [3.63, 3.8) is 0 Å². The monoisotopic (exact) mass is 263 g/mol. The van der Waals surface area contributed by atoms with E-state index >= 15 is 0 Å². The number of aryl methyl sites for hydroxylation is 2. The zero-order valence-electron chi connectivity index (χ0n) is 11.4. The van der Waals surface area contributed by atoms with E-state index in [2.05, 4.69) is 10.1 Å². The number of nitrogens with zero attached hydrogens (tertiary/aromatic N) is 3. The Bertz CT molecular complexity index is 578. The van der Waals surface area contributed by atoms with Crippen molar-refractivity contribution in [2.24, 2.45) is 0 Å². The molecule has 0 bridgehead atoms. The molecule has 0 aliphatic heterocycles. The summed E-state index contributed by atoms with van der Waals surface area (Å²) < 4.78 is 15.7. The van der Waals surface area contributed by atoms with E-state index in [4.69, 9.17) is 0 Å². The predicted molar refractivity (Wildman–Crippen MR) is 70.7 cm³/mol. The van der Waals surface area contributed by atoms with Gasteiger partial charge < -0.3 is 5.11 Å². The Kier molecular flexibility index (Phi) is 3.95. The highest BCUT2D eigenvalue weighted by Gasteiger charge is 2.14. The Balaban J connectivity index is 2.49. The van der Waals surface area contributed by atoms with E-state index in [-0.39, 0.29) is 0 Å². The number of rotatable bonds is 4. The number of aliphatic hydroxyl groups is 1. The summed E-state index contributed by atoms with van der Waals surface area (Å²) in [6.07, 6.45) is 0.717. The van der Waals surface area contributed by atoms with Gasteiger partial charge in [-0.25, -0.2) is 14.1 Å². The van der Waals surface area contributed by atoms with E-state index in [0.717, 1.165) is 5.82 Å². The molecule has 1 aromatic carbocycles. The molecule has 0 amide bonds. The molecule has 0 aliphatic rings. The van der Waals surface area contributed by atoms with Crippen molar-refractivity contribution in [1.29, 1.82) is 0 Å². The Morgan fingerprint density at radius 2 is 2.05 bits per heavy atom. The second-order valence-electron chi connectivity index (χ2n) is 4.45. The molecule has 2 rings (SSSR count). The van der Waals surface area contributed by atoms with E-state index in [1.807, 2.05) is 13.8 Å². The van der Waals surface area contributed by atoms with Crippen LogP contribution in [0, 0.1) is 5.82 Å². The number of aromatic nitrogens is 3. The van der Waals surface area contributed by atoms with E-state index in [0.29, 0.717) is 29.9 Å². The van der Waals surface area contributed by atoms with Crippen LogP contribution in [0.25, 0.3) is 5.69 Å². The second kappa shape index (κ2) is 5.48. The van der Waals surface area contributed by atoms with E-state index in [1.165, 1.54) is 6.07 Å². The van der Waals surface area contributed by atoms with Gasteiger partial charge >= 0.3 is 0 Å². The molecule has 0 aliphatic carbocycles. The largest absolute Gasteiger partial charge is 0.389 e. The van der Waals surface area contributed by atoms with Gasteiger partial charge in [0.2, 0.25) is 0 Å². The number of aliphatic hydroxyl groups excluding tert-OH is 1. The zero-order chi connectivity index (χ0) is 14.0. The molecule has 2 aromatic rings. The highest BCUT2D eigenvalue weighted by Crippen LogP contribution is 2.20.